The summed E-state index contributed by atoms with van der Waals surface area (Å²) < 4.78 is 41.1. The van der Waals surface area contributed by atoms with E-state index in [0.29, 0.717) is 16.7 Å². The third-order valence-corrected chi connectivity index (χ3v) is 2.96. The lowest BCUT2D eigenvalue weighted by Crippen LogP contribution is -2.20. The molecule has 0 fully saturated rings. The third kappa shape index (κ3) is 3.23. The van der Waals surface area contributed by atoms with Crippen LogP contribution in [-0.4, -0.2) is 27.5 Å². The minimum absolute atomic E-state index is 0.238. The van der Waals surface area contributed by atoms with Crippen LogP contribution in [-0.2, 0) is 0 Å². The molecule has 2 N–H and O–H groups in total. The second-order valence-electron chi connectivity index (χ2n) is 4.49. The van der Waals surface area contributed by atoms with Crippen molar-refractivity contribution in [1.29, 1.82) is 0 Å². The van der Waals surface area contributed by atoms with Crippen molar-refractivity contribution in [3.8, 4) is 5.75 Å². The Morgan fingerprint density at radius 2 is 2.00 bits per heavy atom. The van der Waals surface area contributed by atoms with Crippen molar-refractivity contribution in [3.63, 3.8) is 0 Å². The molecule has 0 bridgehead atoms. The minimum atomic E-state index is -4.88. The van der Waals surface area contributed by atoms with Crippen molar-refractivity contribution in [2.75, 3.05) is 5.32 Å². The van der Waals surface area contributed by atoms with Gasteiger partial charge >= 0.3 is 6.36 Å². The first kappa shape index (κ1) is 14.8. The molecule has 0 aliphatic rings. The van der Waals surface area contributed by atoms with Crippen molar-refractivity contribution >= 4 is 22.6 Å². The second kappa shape index (κ2) is 5.59. The number of aromatic nitrogens is 3. The largest absolute Gasteiger partial charge is 0.573 e. The Balaban J connectivity index is 1.91. The molecule has 2 heterocycles. The first-order chi connectivity index (χ1) is 10.9. The third-order valence-electron chi connectivity index (χ3n) is 2.96. The number of nitrogens with zero attached hydrogens (tertiary/aromatic N) is 2. The molecule has 1 amide bonds. The number of pyridine rings is 1. The van der Waals surface area contributed by atoms with Gasteiger partial charge in [0.2, 0.25) is 0 Å². The number of carbonyl (C=O) groups excluding carboxylic acids is 1. The van der Waals surface area contributed by atoms with Crippen molar-refractivity contribution in [3.05, 3.63) is 48.3 Å². The molecule has 6 nitrogen and oxygen atoms in total. The number of hydrogen-bond donors (Lipinski definition) is 2. The highest BCUT2D eigenvalue weighted by atomic mass is 19.4. The number of ether oxygens (including phenoxy) is 1. The molecule has 0 radical (unpaired) electrons. The van der Waals surface area contributed by atoms with Crippen LogP contribution in [0.5, 0.6) is 5.75 Å². The van der Waals surface area contributed by atoms with E-state index >= 15 is 0 Å². The lowest BCUT2D eigenvalue weighted by Gasteiger charge is -2.13. The lowest BCUT2D eigenvalue weighted by molar-refractivity contribution is -0.274. The standard InChI is InChI=1S/C14H9F3N4O2/c15-14(16,17)23-11-4-2-1-3-8(11)13(22)20-10-5-6-18-12-9(10)7-19-21-12/h1-7H,(H2,18,19,20,21,22). The van der Waals surface area contributed by atoms with E-state index in [9.17, 15) is 18.0 Å². The van der Waals surface area contributed by atoms with Crippen LogP contribution >= 0.6 is 0 Å². The van der Waals surface area contributed by atoms with E-state index in [1.54, 1.807) is 0 Å². The molecule has 0 aliphatic carbocycles. The lowest BCUT2D eigenvalue weighted by atomic mass is 10.2. The predicted octanol–water partition coefficient (Wildman–Crippen LogP) is 3.11. The molecule has 0 spiro atoms. The highest BCUT2D eigenvalue weighted by molar-refractivity contribution is 6.09. The SMILES string of the molecule is O=C(Nc1ccnc2[nH]ncc12)c1ccccc1OC(F)(F)F. The van der Waals surface area contributed by atoms with Crippen molar-refractivity contribution in [2.24, 2.45) is 0 Å². The molecule has 3 aromatic rings. The Hall–Kier alpha value is -3.10. The van der Waals surface area contributed by atoms with E-state index < -0.39 is 18.0 Å². The molecule has 0 saturated heterocycles. The number of amides is 1. The molecule has 0 atom stereocenters. The zero-order chi connectivity index (χ0) is 16.4. The number of hydrogen-bond acceptors (Lipinski definition) is 4. The summed E-state index contributed by atoms with van der Waals surface area (Å²) in [5.41, 5.74) is 0.580. The minimum Gasteiger partial charge on any atom is -0.405 e. The zero-order valence-corrected chi connectivity index (χ0v) is 11.4. The summed E-state index contributed by atoms with van der Waals surface area (Å²) in [6, 6.07) is 6.62. The van der Waals surface area contributed by atoms with Crippen LogP contribution in [0.3, 0.4) is 0 Å². The monoisotopic (exact) mass is 322 g/mol. The summed E-state index contributed by atoms with van der Waals surface area (Å²) in [5, 5.41) is 9.49. The van der Waals surface area contributed by atoms with Crippen LogP contribution in [0.25, 0.3) is 11.0 Å². The fourth-order valence-electron chi connectivity index (χ4n) is 2.02. The van der Waals surface area contributed by atoms with E-state index in [0.717, 1.165) is 6.07 Å². The van der Waals surface area contributed by atoms with Crippen LogP contribution < -0.4 is 10.1 Å². The Morgan fingerprint density at radius 3 is 2.78 bits per heavy atom. The summed E-state index contributed by atoms with van der Waals surface area (Å²) in [5.74, 6) is -1.31. The van der Waals surface area contributed by atoms with Gasteiger partial charge in [0.15, 0.2) is 5.65 Å². The predicted molar refractivity (Wildman–Crippen MR) is 75.0 cm³/mol. The Morgan fingerprint density at radius 1 is 1.22 bits per heavy atom. The topological polar surface area (TPSA) is 79.9 Å². The summed E-state index contributed by atoms with van der Waals surface area (Å²) in [4.78, 5) is 16.3. The number of nitrogens with one attached hydrogen (secondary N) is 2. The number of halogens is 3. The molecule has 0 aliphatic heterocycles. The first-order valence-electron chi connectivity index (χ1n) is 6.38. The number of rotatable bonds is 3. The fourth-order valence-corrected chi connectivity index (χ4v) is 2.02. The van der Waals surface area contributed by atoms with E-state index in [4.69, 9.17) is 0 Å². The summed E-state index contributed by atoms with van der Waals surface area (Å²) in [6.07, 6.45) is -1.99. The van der Waals surface area contributed by atoms with Gasteiger partial charge in [-0.1, -0.05) is 12.1 Å². The van der Waals surface area contributed by atoms with Gasteiger partial charge in [-0.2, -0.15) is 5.10 Å². The smallest absolute Gasteiger partial charge is 0.405 e. The number of alkyl halides is 3. The normalized spacial score (nSPS) is 11.4. The number of carbonyl (C=O) groups is 1. The van der Waals surface area contributed by atoms with Gasteiger partial charge in [0.1, 0.15) is 5.75 Å². The van der Waals surface area contributed by atoms with E-state index in [-0.39, 0.29) is 5.56 Å². The van der Waals surface area contributed by atoms with Gasteiger partial charge in [0, 0.05) is 6.20 Å². The van der Waals surface area contributed by atoms with Gasteiger partial charge in [-0.25, -0.2) is 4.98 Å². The van der Waals surface area contributed by atoms with Crippen LogP contribution in [0.1, 0.15) is 10.4 Å². The molecular weight excluding hydrogens is 313 g/mol. The van der Waals surface area contributed by atoms with Gasteiger partial charge < -0.3 is 10.1 Å². The molecule has 3 rings (SSSR count). The molecule has 0 saturated carbocycles. The van der Waals surface area contributed by atoms with E-state index in [1.807, 2.05) is 0 Å². The average molecular weight is 322 g/mol. The average Bonchev–Trinajstić information content (AvgIpc) is 2.95. The van der Waals surface area contributed by atoms with Crippen LogP contribution in [0.2, 0.25) is 0 Å². The second-order valence-corrected chi connectivity index (χ2v) is 4.49. The van der Waals surface area contributed by atoms with Gasteiger partial charge in [-0.05, 0) is 18.2 Å². The van der Waals surface area contributed by atoms with Gasteiger partial charge in [0.25, 0.3) is 5.91 Å². The molecule has 2 aromatic heterocycles. The Bertz CT molecular complexity index is 860. The summed E-state index contributed by atoms with van der Waals surface area (Å²) in [6.45, 7) is 0. The maximum atomic E-state index is 12.4. The highest BCUT2D eigenvalue weighted by Crippen LogP contribution is 2.27. The molecule has 0 unspecified atom stereocenters. The maximum Gasteiger partial charge on any atom is 0.573 e. The molecule has 9 heteroatoms. The summed E-state index contributed by atoms with van der Waals surface area (Å²) >= 11 is 0. The molecule has 118 valence electrons. The van der Waals surface area contributed by atoms with Crippen molar-refractivity contribution < 1.29 is 22.7 Å². The van der Waals surface area contributed by atoms with Gasteiger partial charge in [0.05, 0.1) is 22.8 Å². The summed E-state index contributed by atoms with van der Waals surface area (Å²) in [7, 11) is 0. The van der Waals surface area contributed by atoms with Crippen LogP contribution in [0, 0.1) is 0 Å². The number of benzene rings is 1. The van der Waals surface area contributed by atoms with Crippen LogP contribution in [0.15, 0.2) is 42.7 Å². The first-order valence-corrected chi connectivity index (χ1v) is 6.38. The zero-order valence-electron chi connectivity index (χ0n) is 11.4. The van der Waals surface area contributed by atoms with E-state index in [1.165, 1.54) is 36.7 Å². The van der Waals surface area contributed by atoms with Gasteiger partial charge in [-0.3, -0.25) is 9.89 Å². The van der Waals surface area contributed by atoms with Crippen molar-refractivity contribution in [2.45, 2.75) is 6.36 Å². The van der Waals surface area contributed by atoms with Crippen LogP contribution in [0.4, 0.5) is 18.9 Å². The number of aromatic amines is 1. The van der Waals surface area contributed by atoms with Gasteiger partial charge in [-0.15, -0.1) is 13.2 Å². The van der Waals surface area contributed by atoms with Crippen molar-refractivity contribution in [1.82, 2.24) is 15.2 Å². The highest BCUT2D eigenvalue weighted by Gasteiger charge is 2.32. The molecule has 1 aromatic carbocycles. The van der Waals surface area contributed by atoms with E-state index in [2.05, 4.69) is 25.2 Å². The Labute approximate surface area is 127 Å². The Kier molecular flexibility index (Phi) is 3.61. The quantitative estimate of drug-likeness (QED) is 0.776. The number of para-hydroxylation sites is 1. The maximum absolute atomic E-state index is 12.4. The number of H-pyrrole nitrogens is 1. The molecular formula is C14H9F3N4O2. The number of anilines is 1. The molecule has 23 heavy (non-hydrogen) atoms. The number of fused-ring (bicyclic) bond motifs is 1. The fraction of sp³-hybridized carbons (Fsp3) is 0.0714.